The first-order valence-electron chi connectivity index (χ1n) is 7.00. The Bertz CT molecular complexity index is 602. The van der Waals surface area contributed by atoms with Crippen LogP contribution in [-0.2, 0) is 9.47 Å². The number of benzene rings is 1. The van der Waals surface area contributed by atoms with Crippen LogP contribution in [0.1, 0.15) is 39.5 Å². The van der Waals surface area contributed by atoms with Crippen molar-refractivity contribution in [3.63, 3.8) is 0 Å². The minimum atomic E-state index is -0.454. The zero-order valence-electron chi connectivity index (χ0n) is 13.3. The molecule has 120 valence electrons. The molecule has 0 spiro atoms. The first kappa shape index (κ1) is 16.3. The highest BCUT2D eigenvalue weighted by atomic mass is 16.7. The van der Waals surface area contributed by atoms with Gasteiger partial charge in [-0.15, -0.1) is 0 Å². The van der Waals surface area contributed by atoms with E-state index in [1.165, 1.54) is 0 Å². The fourth-order valence-electron chi connectivity index (χ4n) is 2.01. The van der Waals surface area contributed by atoms with Gasteiger partial charge in [-0.1, -0.05) is 12.1 Å². The van der Waals surface area contributed by atoms with Crippen molar-refractivity contribution in [1.29, 1.82) is 0 Å². The summed E-state index contributed by atoms with van der Waals surface area (Å²) in [5.74, 6) is -0.144. The number of guanidine groups is 2. The maximum absolute atomic E-state index is 6.01. The molecule has 0 atom stereocenters. The Labute approximate surface area is 130 Å². The molecule has 1 aromatic rings. The Hall–Kier alpha value is -2.12. The van der Waals surface area contributed by atoms with E-state index in [4.69, 9.17) is 26.7 Å². The lowest BCUT2D eigenvalue weighted by molar-refractivity contribution is -0.0895. The van der Waals surface area contributed by atoms with Crippen molar-refractivity contribution in [3.05, 3.63) is 29.8 Å². The van der Waals surface area contributed by atoms with Crippen LogP contribution in [0.25, 0.3) is 0 Å². The van der Waals surface area contributed by atoms with E-state index < -0.39 is 17.5 Å². The second kappa shape index (κ2) is 5.58. The Balaban J connectivity index is 2.25. The molecule has 0 amide bonds. The van der Waals surface area contributed by atoms with Crippen LogP contribution in [0.3, 0.4) is 0 Å². The van der Waals surface area contributed by atoms with Gasteiger partial charge in [0.05, 0.1) is 16.9 Å². The summed E-state index contributed by atoms with van der Waals surface area (Å²) >= 11 is 0. The second-order valence-corrected chi connectivity index (χ2v) is 6.19. The fraction of sp³-hybridized carbons (Fsp3) is 0.467. The molecule has 7 heteroatoms. The average molecular weight is 305 g/mol. The van der Waals surface area contributed by atoms with E-state index in [-0.39, 0.29) is 11.9 Å². The summed E-state index contributed by atoms with van der Waals surface area (Å²) in [6.45, 7) is 8.02. The summed E-state index contributed by atoms with van der Waals surface area (Å²) < 4.78 is 12.0. The van der Waals surface area contributed by atoms with Crippen LogP contribution >= 0.6 is 0 Å². The van der Waals surface area contributed by atoms with Crippen LogP contribution in [0.15, 0.2) is 34.3 Å². The molecule has 7 nitrogen and oxygen atoms in total. The van der Waals surface area contributed by atoms with Crippen LogP contribution in [0.5, 0.6) is 0 Å². The average Bonchev–Trinajstić information content (AvgIpc) is 2.57. The van der Waals surface area contributed by atoms with Gasteiger partial charge in [-0.2, -0.15) is 4.99 Å². The summed E-state index contributed by atoms with van der Waals surface area (Å²) in [5.41, 5.74) is 16.9. The van der Waals surface area contributed by atoms with Gasteiger partial charge in [0.25, 0.3) is 0 Å². The molecular weight excluding hydrogens is 282 g/mol. The number of aliphatic imine (C=N–C) groups is 2. The summed E-state index contributed by atoms with van der Waals surface area (Å²) in [6, 6.07) is 7.39. The zero-order chi connectivity index (χ0) is 16.5. The van der Waals surface area contributed by atoms with Gasteiger partial charge >= 0.3 is 0 Å². The summed E-state index contributed by atoms with van der Waals surface area (Å²) in [5, 5.41) is 0. The highest BCUT2D eigenvalue weighted by molar-refractivity contribution is 5.93. The third-order valence-electron chi connectivity index (χ3n) is 3.88. The van der Waals surface area contributed by atoms with Crippen molar-refractivity contribution in [1.82, 2.24) is 0 Å². The van der Waals surface area contributed by atoms with Crippen molar-refractivity contribution in [3.8, 4) is 0 Å². The van der Waals surface area contributed by atoms with Crippen LogP contribution in [-0.4, -0.2) is 23.1 Å². The number of rotatable bonds is 2. The SMILES string of the molecule is CC1(C)OC(c2cccc(N=C(N)N=C(N)N)c2)OC1(C)C. The predicted molar refractivity (Wildman–Crippen MR) is 86.6 cm³/mol. The molecule has 0 aromatic heterocycles. The molecule has 1 aliphatic heterocycles. The molecule has 1 heterocycles. The van der Waals surface area contributed by atoms with Crippen LogP contribution in [0.2, 0.25) is 0 Å². The summed E-state index contributed by atoms with van der Waals surface area (Å²) in [7, 11) is 0. The number of hydrogen-bond donors (Lipinski definition) is 3. The summed E-state index contributed by atoms with van der Waals surface area (Å²) in [4.78, 5) is 7.82. The topological polar surface area (TPSA) is 121 Å². The van der Waals surface area contributed by atoms with Crippen LogP contribution in [0, 0.1) is 0 Å². The molecule has 1 saturated heterocycles. The molecule has 1 aromatic carbocycles. The van der Waals surface area contributed by atoms with Gasteiger partial charge in [0.1, 0.15) is 0 Å². The van der Waals surface area contributed by atoms with Crippen LogP contribution in [0.4, 0.5) is 5.69 Å². The monoisotopic (exact) mass is 305 g/mol. The quantitative estimate of drug-likeness (QED) is 0.565. The Morgan fingerprint density at radius 1 is 1.05 bits per heavy atom. The normalized spacial score (nSPS) is 20.8. The van der Waals surface area contributed by atoms with Gasteiger partial charge in [-0.3, -0.25) is 0 Å². The van der Waals surface area contributed by atoms with Gasteiger partial charge in [0, 0.05) is 5.56 Å². The maximum atomic E-state index is 6.01. The Morgan fingerprint density at radius 3 is 2.18 bits per heavy atom. The smallest absolute Gasteiger partial charge is 0.223 e. The van der Waals surface area contributed by atoms with E-state index in [1.807, 2.05) is 45.9 Å². The van der Waals surface area contributed by atoms with Crippen molar-refractivity contribution >= 4 is 17.6 Å². The minimum absolute atomic E-state index is 0.00827. The Morgan fingerprint density at radius 2 is 1.64 bits per heavy atom. The molecule has 0 aliphatic carbocycles. The molecular formula is C15H23N5O2. The van der Waals surface area contributed by atoms with Gasteiger partial charge in [-0.05, 0) is 39.8 Å². The molecule has 1 fully saturated rings. The molecule has 0 radical (unpaired) electrons. The van der Waals surface area contributed by atoms with Crippen molar-refractivity contribution in [2.45, 2.75) is 45.2 Å². The highest BCUT2D eigenvalue weighted by Crippen LogP contribution is 2.45. The first-order chi connectivity index (χ1) is 10.1. The first-order valence-corrected chi connectivity index (χ1v) is 7.00. The van der Waals surface area contributed by atoms with Gasteiger partial charge in [0.2, 0.25) is 5.96 Å². The minimum Gasteiger partial charge on any atom is -0.370 e. The summed E-state index contributed by atoms with van der Waals surface area (Å²) in [6.07, 6.45) is -0.454. The fourth-order valence-corrected chi connectivity index (χ4v) is 2.01. The molecule has 0 bridgehead atoms. The molecule has 0 unspecified atom stereocenters. The van der Waals surface area contributed by atoms with E-state index in [0.29, 0.717) is 5.69 Å². The van der Waals surface area contributed by atoms with Crippen molar-refractivity contribution < 1.29 is 9.47 Å². The molecule has 0 saturated carbocycles. The molecule has 1 aliphatic rings. The lowest BCUT2D eigenvalue weighted by Crippen LogP contribution is -2.41. The maximum Gasteiger partial charge on any atom is 0.223 e. The van der Waals surface area contributed by atoms with E-state index >= 15 is 0 Å². The largest absolute Gasteiger partial charge is 0.370 e. The van der Waals surface area contributed by atoms with Crippen molar-refractivity contribution in [2.24, 2.45) is 27.2 Å². The third kappa shape index (κ3) is 3.37. The standard InChI is InChI=1S/C15H23N5O2/c1-14(2)15(3,4)22-11(21-14)9-6-5-7-10(8-9)19-13(18)20-12(16)17/h5-8,11H,1-4H3,(H6,16,17,18,19,20). The van der Waals surface area contributed by atoms with Gasteiger partial charge < -0.3 is 26.7 Å². The van der Waals surface area contributed by atoms with E-state index in [0.717, 1.165) is 5.56 Å². The Kier molecular flexibility index (Phi) is 4.12. The van der Waals surface area contributed by atoms with Crippen LogP contribution < -0.4 is 17.2 Å². The van der Waals surface area contributed by atoms with E-state index in [2.05, 4.69) is 9.98 Å². The lowest BCUT2D eigenvalue weighted by atomic mass is 9.90. The van der Waals surface area contributed by atoms with Crippen molar-refractivity contribution in [2.75, 3.05) is 0 Å². The predicted octanol–water partition coefficient (Wildman–Crippen LogP) is 1.51. The van der Waals surface area contributed by atoms with Gasteiger partial charge in [-0.25, -0.2) is 4.99 Å². The molecule has 2 rings (SSSR count). The number of nitrogens with two attached hydrogens (primary N) is 3. The zero-order valence-corrected chi connectivity index (χ0v) is 13.3. The van der Waals surface area contributed by atoms with E-state index in [9.17, 15) is 0 Å². The lowest BCUT2D eigenvalue weighted by Gasteiger charge is -2.30. The number of ether oxygens (including phenoxy) is 2. The second-order valence-electron chi connectivity index (χ2n) is 6.19. The highest BCUT2D eigenvalue weighted by Gasteiger charge is 2.49. The molecule has 6 N–H and O–H groups in total. The van der Waals surface area contributed by atoms with Gasteiger partial charge in [0.15, 0.2) is 12.2 Å². The van der Waals surface area contributed by atoms with E-state index in [1.54, 1.807) is 6.07 Å². The number of nitrogens with zero attached hydrogens (tertiary/aromatic N) is 2. The molecule has 22 heavy (non-hydrogen) atoms. The third-order valence-corrected chi connectivity index (χ3v) is 3.88. The number of hydrogen-bond acceptors (Lipinski definition) is 3.